The fourth-order valence-corrected chi connectivity index (χ4v) is 3.85. The molecule has 2 aromatic carbocycles. The largest absolute Gasteiger partial charge is 0.495 e. The third-order valence-electron chi connectivity index (χ3n) is 5.33. The van der Waals surface area contributed by atoms with E-state index in [2.05, 4.69) is 26.5 Å². The third-order valence-corrected chi connectivity index (χ3v) is 5.64. The van der Waals surface area contributed by atoms with E-state index in [0.717, 1.165) is 35.2 Å². The lowest BCUT2D eigenvalue weighted by Crippen LogP contribution is -2.36. The van der Waals surface area contributed by atoms with Crippen LogP contribution in [0.1, 0.15) is 24.0 Å². The summed E-state index contributed by atoms with van der Waals surface area (Å²) in [7, 11) is 1.58. The van der Waals surface area contributed by atoms with Crippen molar-refractivity contribution in [3.8, 4) is 11.8 Å². The Morgan fingerprint density at radius 2 is 2.00 bits per heavy atom. The lowest BCUT2D eigenvalue weighted by molar-refractivity contribution is 0.145. The van der Waals surface area contributed by atoms with Crippen molar-refractivity contribution in [2.45, 2.75) is 25.5 Å². The SMILES string of the molecule is COc1cc(CNc2nnc(N3CCC(O)CC3)c3ccc(C#N)cc23)ccc1Cl. The summed E-state index contributed by atoms with van der Waals surface area (Å²) in [4.78, 5) is 2.14. The first-order valence-corrected chi connectivity index (χ1v) is 10.2. The Morgan fingerprint density at radius 3 is 2.73 bits per heavy atom. The van der Waals surface area contributed by atoms with E-state index in [0.29, 0.717) is 41.5 Å². The van der Waals surface area contributed by atoms with Gasteiger partial charge in [-0.2, -0.15) is 5.26 Å². The van der Waals surface area contributed by atoms with Crippen LogP contribution in [-0.2, 0) is 6.54 Å². The monoisotopic (exact) mass is 423 g/mol. The van der Waals surface area contributed by atoms with Crippen molar-refractivity contribution in [2.75, 3.05) is 30.4 Å². The van der Waals surface area contributed by atoms with Gasteiger partial charge in [-0.1, -0.05) is 17.7 Å². The molecule has 0 atom stereocenters. The first-order valence-electron chi connectivity index (χ1n) is 9.79. The van der Waals surface area contributed by atoms with Crippen molar-refractivity contribution in [3.63, 3.8) is 0 Å². The summed E-state index contributed by atoms with van der Waals surface area (Å²) in [5, 5.41) is 33.7. The fourth-order valence-electron chi connectivity index (χ4n) is 3.65. The molecule has 8 heteroatoms. The maximum atomic E-state index is 9.81. The van der Waals surface area contributed by atoms with E-state index in [1.807, 2.05) is 24.3 Å². The van der Waals surface area contributed by atoms with Crippen LogP contribution in [0.4, 0.5) is 11.6 Å². The molecule has 1 aliphatic heterocycles. The second kappa shape index (κ2) is 8.74. The average Bonchev–Trinajstić information content (AvgIpc) is 2.78. The van der Waals surface area contributed by atoms with Crippen LogP contribution in [0.2, 0.25) is 5.02 Å². The van der Waals surface area contributed by atoms with Crippen LogP contribution in [0.5, 0.6) is 5.75 Å². The van der Waals surface area contributed by atoms with Gasteiger partial charge in [-0.15, -0.1) is 10.2 Å². The summed E-state index contributed by atoms with van der Waals surface area (Å²) in [6.07, 6.45) is 1.15. The molecule has 1 saturated heterocycles. The van der Waals surface area contributed by atoms with E-state index in [1.165, 1.54) is 0 Å². The molecule has 1 fully saturated rings. The molecule has 0 unspecified atom stereocenters. The predicted octanol–water partition coefficient (Wildman–Crippen LogP) is 3.74. The number of nitrogens with one attached hydrogen (secondary N) is 1. The molecule has 30 heavy (non-hydrogen) atoms. The number of ether oxygens (including phenoxy) is 1. The second-order valence-electron chi connectivity index (χ2n) is 7.29. The molecule has 1 aromatic heterocycles. The molecule has 0 radical (unpaired) electrons. The highest BCUT2D eigenvalue weighted by Gasteiger charge is 2.21. The zero-order valence-electron chi connectivity index (χ0n) is 16.6. The molecule has 4 rings (SSSR count). The Hall–Kier alpha value is -3.08. The van der Waals surface area contributed by atoms with E-state index in [-0.39, 0.29) is 6.10 Å². The minimum Gasteiger partial charge on any atom is -0.495 e. The topological polar surface area (TPSA) is 94.3 Å². The highest BCUT2D eigenvalue weighted by atomic mass is 35.5. The van der Waals surface area contributed by atoms with Gasteiger partial charge in [-0.25, -0.2) is 0 Å². The van der Waals surface area contributed by atoms with Gasteiger partial charge in [-0.3, -0.25) is 0 Å². The zero-order chi connectivity index (χ0) is 21.1. The molecule has 3 aromatic rings. The quantitative estimate of drug-likeness (QED) is 0.645. The van der Waals surface area contributed by atoms with Crippen LogP contribution in [-0.4, -0.2) is 41.6 Å². The molecule has 0 amide bonds. The summed E-state index contributed by atoms with van der Waals surface area (Å²) >= 11 is 6.11. The molecule has 154 valence electrons. The summed E-state index contributed by atoms with van der Waals surface area (Å²) in [5.41, 5.74) is 1.54. The van der Waals surface area contributed by atoms with E-state index in [9.17, 15) is 10.4 Å². The molecule has 2 N–H and O–H groups in total. The number of piperidine rings is 1. The number of aromatic nitrogens is 2. The lowest BCUT2D eigenvalue weighted by atomic mass is 10.1. The van der Waals surface area contributed by atoms with Crippen LogP contribution in [0.25, 0.3) is 10.8 Å². The molecular weight excluding hydrogens is 402 g/mol. The molecular formula is C22H22ClN5O2. The first kappa shape index (κ1) is 20.2. The Labute approximate surface area is 179 Å². The smallest absolute Gasteiger partial charge is 0.159 e. The maximum absolute atomic E-state index is 9.81. The van der Waals surface area contributed by atoms with Crippen molar-refractivity contribution >= 4 is 34.0 Å². The Kier molecular flexibility index (Phi) is 5.88. The minimum atomic E-state index is -0.261. The fraction of sp³-hybridized carbons (Fsp3) is 0.318. The van der Waals surface area contributed by atoms with E-state index in [4.69, 9.17) is 16.3 Å². The molecule has 0 spiro atoms. The summed E-state index contributed by atoms with van der Waals surface area (Å²) < 4.78 is 5.28. The van der Waals surface area contributed by atoms with Gasteiger partial charge in [0.05, 0.1) is 29.9 Å². The lowest BCUT2D eigenvalue weighted by Gasteiger charge is -2.31. The number of fused-ring (bicyclic) bond motifs is 1. The third kappa shape index (κ3) is 4.11. The molecule has 0 saturated carbocycles. The number of rotatable bonds is 5. The van der Waals surface area contributed by atoms with Gasteiger partial charge in [-0.05, 0) is 48.7 Å². The Bertz CT molecular complexity index is 1110. The Balaban J connectivity index is 1.66. The number of aliphatic hydroxyl groups is 1. The van der Waals surface area contributed by atoms with Crippen LogP contribution in [0.15, 0.2) is 36.4 Å². The van der Waals surface area contributed by atoms with Crippen LogP contribution in [0.3, 0.4) is 0 Å². The van der Waals surface area contributed by atoms with Crippen molar-refractivity contribution in [1.82, 2.24) is 10.2 Å². The normalized spacial score (nSPS) is 14.5. The standard InChI is InChI=1S/C22H22ClN5O2/c1-30-20-11-15(3-5-19(20)23)13-25-21-18-10-14(12-24)2-4-17(18)22(27-26-21)28-8-6-16(29)7-9-28/h2-5,10-11,16,29H,6-9,13H2,1H3,(H,25,26). The van der Waals surface area contributed by atoms with Gasteiger partial charge < -0.3 is 20.1 Å². The van der Waals surface area contributed by atoms with Crippen molar-refractivity contribution in [3.05, 3.63) is 52.5 Å². The van der Waals surface area contributed by atoms with E-state index < -0.39 is 0 Å². The van der Waals surface area contributed by atoms with Gasteiger partial charge in [0.1, 0.15) is 5.75 Å². The number of halogens is 1. The zero-order valence-corrected chi connectivity index (χ0v) is 17.4. The molecule has 2 heterocycles. The summed E-state index contributed by atoms with van der Waals surface area (Å²) in [6.45, 7) is 1.95. The Morgan fingerprint density at radius 1 is 1.20 bits per heavy atom. The predicted molar refractivity (Wildman–Crippen MR) is 117 cm³/mol. The van der Waals surface area contributed by atoms with Crippen LogP contribution >= 0.6 is 11.6 Å². The van der Waals surface area contributed by atoms with Gasteiger partial charge in [0.2, 0.25) is 0 Å². The number of hydrogen-bond acceptors (Lipinski definition) is 7. The number of methoxy groups -OCH3 is 1. The van der Waals surface area contributed by atoms with Gasteiger partial charge in [0.15, 0.2) is 11.6 Å². The number of aliphatic hydroxyl groups excluding tert-OH is 1. The maximum Gasteiger partial charge on any atom is 0.159 e. The molecule has 7 nitrogen and oxygen atoms in total. The average molecular weight is 424 g/mol. The number of nitrogens with zero attached hydrogens (tertiary/aromatic N) is 4. The van der Waals surface area contributed by atoms with Crippen molar-refractivity contribution < 1.29 is 9.84 Å². The minimum absolute atomic E-state index is 0.261. The van der Waals surface area contributed by atoms with Crippen LogP contribution in [0, 0.1) is 11.3 Å². The molecule has 0 bridgehead atoms. The summed E-state index contributed by atoms with van der Waals surface area (Å²) in [5.74, 6) is 2.00. The van der Waals surface area contributed by atoms with E-state index in [1.54, 1.807) is 19.2 Å². The van der Waals surface area contributed by atoms with E-state index >= 15 is 0 Å². The molecule has 1 aliphatic rings. The van der Waals surface area contributed by atoms with Gasteiger partial charge in [0.25, 0.3) is 0 Å². The van der Waals surface area contributed by atoms with Crippen molar-refractivity contribution in [2.24, 2.45) is 0 Å². The highest BCUT2D eigenvalue weighted by Crippen LogP contribution is 2.31. The molecule has 0 aliphatic carbocycles. The number of benzene rings is 2. The van der Waals surface area contributed by atoms with Crippen LogP contribution < -0.4 is 15.0 Å². The summed E-state index contributed by atoms with van der Waals surface area (Å²) in [6, 6.07) is 13.3. The van der Waals surface area contributed by atoms with Gasteiger partial charge >= 0.3 is 0 Å². The second-order valence-corrected chi connectivity index (χ2v) is 7.69. The highest BCUT2D eigenvalue weighted by molar-refractivity contribution is 6.32. The first-order chi connectivity index (χ1) is 14.6. The number of hydrogen-bond donors (Lipinski definition) is 2. The number of anilines is 2. The number of nitriles is 1. The van der Waals surface area contributed by atoms with Gasteiger partial charge in [0, 0.05) is 30.4 Å². The van der Waals surface area contributed by atoms with Crippen molar-refractivity contribution in [1.29, 1.82) is 5.26 Å².